The zero-order valence-corrected chi connectivity index (χ0v) is 11.2. The van der Waals surface area contributed by atoms with E-state index >= 15 is 0 Å². The van der Waals surface area contributed by atoms with Crippen molar-refractivity contribution in [3.05, 3.63) is 47.8 Å². The highest BCUT2D eigenvalue weighted by molar-refractivity contribution is 5.96. The largest absolute Gasteiger partial charge is 0.573 e. The molecule has 0 unspecified atom stereocenters. The summed E-state index contributed by atoms with van der Waals surface area (Å²) < 4.78 is 41.5. The van der Waals surface area contributed by atoms with Crippen LogP contribution in [0.3, 0.4) is 0 Å². The predicted octanol–water partition coefficient (Wildman–Crippen LogP) is 3.13. The number of aromatic nitrogens is 2. The molecule has 0 aliphatic rings. The molecule has 1 heterocycles. The number of hydrogen-bond acceptors (Lipinski definition) is 3. The third-order valence-electron chi connectivity index (χ3n) is 2.94. The molecule has 4 nitrogen and oxygen atoms in total. The molecular weight excluding hydrogens is 285 g/mol. The molecule has 0 radical (unpaired) electrons. The molecule has 7 heteroatoms. The SMILES string of the molecule is Cn1nccc1CCC(=O)c1ccc(OC(F)(F)F)cc1. The number of ketones is 1. The van der Waals surface area contributed by atoms with Crippen LogP contribution in [-0.2, 0) is 13.5 Å². The van der Waals surface area contributed by atoms with E-state index in [1.165, 1.54) is 12.1 Å². The first-order chi connectivity index (χ1) is 9.85. The maximum atomic E-state index is 12.0. The van der Waals surface area contributed by atoms with E-state index < -0.39 is 6.36 Å². The van der Waals surface area contributed by atoms with Crippen LogP contribution >= 0.6 is 0 Å². The van der Waals surface area contributed by atoms with Crippen LogP contribution in [0, 0.1) is 0 Å². The lowest BCUT2D eigenvalue weighted by Crippen LogP contribution is -2.17. The van der Waals surface area contributed by atoms with Crippen molar-refractivity contribution < 1.29 is 22.7 Å². The molecule has 2 rings (SSSR count). The number of nitrogens with zero attached hydrogens (tertiary/aromatic N) is 2. The van der Waals surface area contributed by atoms with Gasteiger partial charge in [-0.05, 0) is 36.8 Å². The Kier molecular flexibility index (Phi) is 4.30. The Hall–Kier alpha value is -2.31. The molecule has 0 aliphatic carbocycles. The lowest BCUT2D eigenvalue weighted by atomic mass is 10.1. The van der Waals surface area contributed by atoms with E-state index in [0.29, 0.717) is 12.0 Å². The monoisotopic (exact) mass is 298 g/mol. The maximum Gasteiger partial charge on any atom is 0.573 e. The number of alkyl halides is 3. The van der Waals surface area contributed by atoms with Crippen LogP contribution in [0.4, 0.5) is 13.2 Å². The Morgan fingerprint density at radius 3 is 2.43 bits per heavy atom. The highest BCUT2D eigenvalue weighted by atomic mass is 19.4. The topological polar surface area (TPSA) is 44.1 Å². The van der Waals surface area contributed by atoms with Gasteiger partial charge in [0.1, 0.15) is 5.75 Å². The first-order valence-corrected chi connectivity index (χ1v) is 6.21. The molecule has 0 N–H and O–H groups in total. The van der Waals surface area contributed by atoms with Gasteiger partial charge in [-0.25, -0.2) is 0 Å². The second-order valence-corrected chi connectivity index (χ2v) is 4.44. The quantitative estimate of drug-likeness (QED) is 0.797. The fraction of sp³-hybridized carbons (Fsp3) is 0.286. The van der Waals surface area contributed by atoms with Gasteiger partial charge in [-0.2, -0.15) is 5.10 Å². The number of ether oxygens (including phenoxy) is 1. The van der Waals surface area contributed by atoms with Crippen molar-refractivity contribution >= 4 is 5.78 Å². The number of Topliss-reactive ketones (excluding diaryl/α,β-unsaturated/α-hetero) is 1. The molecule has 0 amide bonds. The summed E-state index contributed by atoms with van der Waals surface area (Å²) >= 11 is 0. The Morgan fingerprint density at radius 1 is 1.24 bits per heavy atom. The molecule has 0 spiro atoms. The van der Waals surface area contributed by atoms with Crippen molar-refractivity contribution in [1.82, 2.24) is 9.78 Å². The van der Waals surface area contributed by atoms with Crippen molar-refractivity contribution in [1.29, 1.82) is 0 Å². The maximum absolute atomic E-state index is 12.0. The summed E-state index contributed by atoms with van der Waals surface area (Å²) in [7, 11) is 1.78. The van der Waals surface area contributed by atoms with Gasteiger partial charge in [0.25, 0.3) is 0 Å². The van der Waals surface area contributed by atoms with Crippen LogP contribution < -0.4 is 4.74 Å². The second-order valence-electron chi connectivity index (χ2n) is 4.44. The number of aryl methyl sites for hydroxylation is 2. The smallest absolute Gasteiger partial charge is 0.406 e. The Bertz CT molecular complexity index is 618. The summed E-state index contributed by atoms with van der Waals surface area (Å²) in [6.45, 7) is 0. The summed E-state index contributed by atoms with van der Waals surface area (Å²) in [5.41, 5.74) is 1.27. The normalized spacial score (nSPS) is 11.4. The molecule has 0 bridgehead atoms. The Balaban J connectivity index is 1.95. The lowest BCUT2D eigenvalue weighted by molar-refractivity contribution is -0.274. The third kappa shape index (κ3) is 4.34. The number of benzene rings is 1. The van der Waals surface area contributed by atoms with Crippen molar-refractivity contribution in [2.45, 2.75) is 19.2 Å². The Labute approximate surface area is 119 Å². The molecular formula is C14H13F3N2O2. The molecule has 0 saturated carbocycles. The van der Waals surface area contributed by atoms with Gasteiger partial charge in [-0.1, -0.05) is 0 Å². The van der Waals surface area contributed by atoms with Crippen LogP contribution in [0.1, 0.15) is 22.5 Å². The average Bonchev–Trinajstić information content (AvgIpc) is 2.80. The fourth-order valence-corrected chi connectivity index (χ4v) is 1.87. The van der Waals surface area contributed by atoms with E-state index in [9.17, 15) is 18.0 Å². The van der Waals surface area contributed by atoms with Crippen LogP contribution in [-0.4, -0.2) is 21.9 Å². The van der Waals surface area contributed by atoms with Crippen LogP contribution in [0.15, 0.2) is 36.5 Å². The van der Waals surface area contributed by atoms with Gasteiger partial charge >= 0.3 is 6.36 Å². The van der Waals surface area contributed by atoms with Gasteiger partial charge in [0.2, 0.25) is 0 Å². The minimum Gasteiger partial charge on any atom is -0.406 e. The first-order valence-electron chi connectivity index (χ1n) is 6.21. The highest BCUT2D eigenvalue weighted by Gasteiger charge is 2.31. The molecule has 1 aromatic carbocycles. The van der Waals surface area contributed by atoms with E-state index in [4.69, 9.17) is 0 Å². The number of carbonyl (C=O) groups excluding carboxylic acids is 1. The van der Waals surface area contributed by atoms with E-state index in [1.807, 2.05) is 6.07 Å². The Morgan fingerprint density at radius 2 is 1.90 bits per heavy atom. The predicted molar refractivity (Wildman–Crippen MR) is 69.0 cm³/mol. The van der Waals surface area contributed by atoms with Gasteiger partial charge in [0.05, 0.1) is 0 Å². The second kappa shape index (κ2) is 5.99. The zero-order valence-electron chi connectivity index (χ0n) is 11.2. The standard InChI is InChI=1S/C14H13F3N2O2/c1-19-11(8-9-18-19)4-7-13(20)10-2-5-12(6-3-10)21-14(15,16)17/h2-3,5-6,8-9H,4,7H2,1H3. The highest BCUT2D eigenvalue weighted by Crippen LogP contribution is 2.23. The zero-order chi connectivity index (χ0) is 15.5. The number of hydrogen-bond donors (Lipinski definition) is 0. The van der Waals surface area contributed by atoms with E-state index in [2.05, 4.69) is 9.84 Å². The molecule has 0 atom stereocenters. The summed E-state index contributed by atoms with van der Waals surface area (Å²) in [5, 5.41) is 4.00. The number of rotatable bonds is 5. The van der Waals surface area contributed by atoms with Crippen LogP contribution in [0.25, 0.3) is 0 Å². The van der Waals surface area contributed by atoms with E-state index in [-0.39, 0.29) is 18.0 Å². The number of carbonyl (C=O) groups is 1. The van der Waals surface area contributed by atoms with Gasteiger partial charge in [0, 0.05) is 30.9 Å². The molecule has 1 aromatic heterocycles. The molecule has 0 saturated heterocycles. The summed E-state index contributed by atoms with van der Waals surface area (Å²) in [6.07, 6.45) is -2.30. The lowest BCUT2D eigenvalue weighted by Gasteiger charge is -2.09. The fourth-order valence-electron chi connectivity index (χ4n) is 1.87. The van der Waals surface area contributed by atoms with Gasteiger partial charge in [-0.15, -0.1) is 13.2 Å². The van der Waals surface area contributed by atoms with Crippen molar-refractivity contribution in [2.75, 3.05) is 0 Å². The minimum atomic E-state index is -4.73. The van der Waals surface area contributed by atoms with Gasteiger partial charge in [0.15, 0.2) is 5.78 Å². The van der Waals surface area contributed by atoms with Gasteiger partial charge < -0.3 is 4.74 Å². The van der Waals surface area contributed by atoms with Crippen molar-refractivity contribution in [2.24, 2.45) is 7.05 Å². The molecule has 0 fully saturated rings. The average molecular weight is 298 g/mol. The number of halogens is 3. The van der Waals surface area contributed by atoms with E-state index in [1.54, 1.807) is 17.9 Å². The van der Waals surface area contributed by atoms with Gasteiger partial charge in [-0.3, -0.25) is 9.48 Å². The summed E-state index contributed by atoms with van der Waals surface area (Å²) in [6, 6.07) is 6.72. The molecule has 21 heavy (non-hydrogen) atoms. The van der Waals surface area contributed by atoms with Crippen LogP contribution in [0.5, 0.6) is 5.75 Å². The summed E-state index contributed by atoms with van der Waals surface area (Å²) in [5.74, 6) is -0.486. The van der Waals surface area contributed by atoms with Crippen molar-refractivity contribution in [3.63, 3.8) is 0 Å². The third-order valence-corrected chi connectivity index (χ3v) is 2.94. The first kappa shape index (κ1) is 15.1. The molecule has 112 valence electrons. The molecule has 0 aliphatic heterocycles. The molecule has 2 aromatic rings. The van der Waals surface area contributed by atoms with E-state index in [0.717, 1.165) is 17.8 Å². The van der Waals surface area contributed by atoms with Crippen molar-refractivity contribution in [3.8, 4) is 5.75 Å². The van der Waals surface area contributed by atoms with Crippen LogP contribution in [0.2, 0.25) is 0 Å². The minimum absolute atomic E-state index is 0.144. The summed E-state index contributed by atoms with van der Waals surface area (Å²) in [4.78, 5) is 12.0.